The molecule has 25 heavy (non-hydrogen) atoms. The van der Waals surface area contributed by atoms with Gasteiger partial charge in [0.15, 0.2) is 5.82 Å². The molecule has 7 nitrogen and oxygen atoms in total. The molecule has 7 heteroatoms. The van der Waals surface area contributed by atoms with Gasteiger partial charge in [0.2, 0.25) is 0 Å². The Morgan fingerprint density at radius 2 is 2.28 bits per heavy atom. The maximum Gasteiger partial charge on any atom is 0.254 e. The van der Waals surface area contributed by atoms with E-state index in [1.54, 1.807) is 35.6 Å². The number of carbonyl (C=O) groups is 1. The fraction of sp³-hybridized carbons (Fsp3) is 0.333. The molecule has 3 aromatic heterocycles. The van der Waals surface area contributed by atoms with E-state index in [1.165, 1.54) is 6.33 Å². The van der Waals surface area contributed by atoms with Gasteiger partial charge in [-0.1, -0.05) is 6.92 Å². The largest absolute Gasteiger partial charge is 0.467 e. The molecule has 4 heterocycles. The van der Waals surface area contributed by atoms with Crippen LogP contribution < -0.4 is 0 Å². The highest BCUT2D eigenvalue weighted by Gasteiger charge is 2.33. The van der Waals surface area contributed by atoms with Crippen molar-refractivity contribution < 1.29 is 9.21 Å². The van der Waals surface area contributed by atoms with Gasteiger partial charge in [-0.25, -0.2) is 14.6 Å². The standard InChI is InChI=1S/C18H19N5O2/c1-13-5-7-22(15(9-13)16-3-2-8-25-16)18(24)14-4-6-20-17(10-14)23-12-19-11-21-23/h2-4,6,8,10-13,15H,5,7,9H2,1H3. The van der Waals surface area contributed by atoms with E-state index in [0.717, 1.165) is 18.6 Å². The highest BCUT2D eigenvalue weighted by atomic mass is 16.3. The third-order valence-electron chi connectivity index (χ3n) is 4.64. The van der Waals surface area contributed by atoms with Crippen LogP contribution in [0.4, 0.5) is 0 Å². The van der Waals surface area contributed by atoms with E-state index in [9.17, 15) is 4.79 Å². The van der Waals surface area contributed by atoms with Crippen LogP contribution in [-0.2, 0) is 0 Å². The number of furan rings is 1. The molecule has 4 rings (SSSR count). The minimum atomic E-state index is -0.0331. The van der Waals surface area contributed by atoms with Crippen LogP contribution in [0.2, 0.25) is 0 Å². The summed E-state index contributed by atoms with van der Waals surface area (Å²) in [5, 5.41) is 4.07. The lowest BCUT2D eigenvalue weighted by Crippen LogP contribution is -2.40. The van der Waals surface area contributed by atoms with E-state index in [-0.39, 0.29) is 11.9 Å². The lowest BCUT2D eigenvalue weighted by molar-refractivity contribution is 0.0521. The van der Waals surface area contributed by atoms with Crippen molar-refractivity contribution in [1.29, 1.82) is 0 Å². The summed E-state index contributed by atoms with van der Waals surface area (Å²) in [7, 11) is 0. The SMILES string of the molecule is CC1CCN(C(=O)c2ccnc(-n3cncn3)c2)C(c2ccco2)C1. The van der Waals surface area contributed by atoms with Crippen LogP contribution in [0.15, 0.2) is 53.8 Å². The van der Waals surface area contributed by atoms with Gasteiger partial charge in [0.05, 0.1) is 12.3 Å². The number of likely N-dealkylation sites (tertiary alicyclic amines) is 1. The Morgan fingerprint density at radius 1 is 1.36 bits per heavy atom. The number of hydrogen-bond donors (Lipinski definition) is 0. The quantitative estimate of drug-likeness (QED) is 0.734. The second kappa shape index (κ2) is 6.51. The van der Waals surface area contributed by atoms with Crippen molar-refractivity contribution >= 4 is 5.91 Å². The molecular weight excluding hydrogens is 318 g/mol. The van der Waals surface area contributed by atoms with Crippen molar-refractivity contribution in [3.8, 4) is 5.82 Å². The first-order valence-corrected chi connectivity index (χ1v) is 8.38. The summed E-state index contributed by atoms with van der Waals surface area (Å²) in [6.07, 6.45) is 8.18. The van der Waals surface area contributed by atoms with Crippen molar-refractivity contribution in [2.24, 2.45) is 5.92 Å². The van der Waals surface area contributed by atoms with Gasteiger partial charge in [0, 0.05) is 18.3 Å². The first-order chi connectivity index (χ1) is 12.2. The maximum absolute atomic E-state index is 13.1. The van der Waals surface area contributed by atoms with Gasteiger partial charge in [0.25, 0.3) is 5.91 Å². The molecule has 1 saturated heterocycles. The fourth-order valence-corrected chi connectivity index (χ4v) is 3.30. The summed E-state index contributed by atoms with van der Waals surface area (Å²) in [4.78, 5) is 23.2. The first-order valence-electron chi connectivity index (χ1n) is 8.38. The topological polar surface area (TPSA) is 77.1 Å². The molecule has 2 atom stereocenters. The smallest absolute Gasteiger partial charge is 0.254 e. The summed E-state index contributed by atoms with van der Waals surface area (Å²) in [5.74, 6) is 1.95. The van der Waals surface area contributed by atoms with E-state index < -0.39 is 0 Å². The van der Waals surface area contributed by atoms with Gasteiger partial charge in [-0.15, -0.1) is 0 Å². The number of rotatable bonds is 3. The molecule has 2 unspecified atom stereocenters. The number of piperidine rings is 1. The number of pyridine rings is 1. The Balaban J connectivity index is 1.64. The maximum atomic E-state index is 13.1. The predicted octanol–water partition coefficient (Wildman–Crippen LogP) is 2.87. The Labute approximate surface area is 145 Å². The van der Waals surface area contributed by atoms with Crippen LogP contribution in [0.25, 0.3) is 5.82 Å². The molecule has 0 spiro atoms. The molecule has 0 N–H and O–H groups in total. The number of aromatic nitrogens is 4. The molecule has 0 radical (unpaired) electrons. The Kier molecular flexibility index (Phi) is 4.05. The molecule has 1 aliphatic rings. The average molecular weight is 337 g/mol. The molecular formula is C18H19N5O2. The van der Waals surface area contributed by atoms with Crippen LogP contribution in [-0.4, -0.2) is 37.1 Å². The van der Waals surface area contributed by atoms with Crippen LogP contribution in [0.5, 0.6) is 0 Å². The minimum absolute atomic E-state index is 0.0166. The molecule has 0 bridgehead atoms. The average Bonchev–Trinajstić information content (AvgIpc) is 3.35. The fourth-order valence-electron chi connectivity index (χ4n) is 3.30. The van der Waals surface area contributed by atoms with E-state index >= 15 is 0 Å². The second-order valence-corrected chi connectivity index (χ2v) is 6.40. The van der Waals surface area contributed by atoms with Gasteiger partial charge in [-0.2, -0.15) is 5.10 Å². The van der Waals surface area contributed by atoms with E-state index in [1.807, 2.05) is 17.0 Å². The predicted molar refractivity (Wildman–Crippen MR) is 90.0 cm³/mol. The van der Waals surface area contributed by atoms with Crippen molar-refractivity contribution in [2.45, 2.75) is 25.8 Å². The molecule has 0 saturated carbocycles. The lowest BCUT2D eigenvalue weighted by Gasteiger charge is -2.37. The van der Waals surface area contributed by atoms with Gasteiger partial charge in [-0.05, 0) is 43.0 Å². The van der Waals surface area contributed by atoms with Gasteiger partial charge >= 0.3 is 0 Å². The van der Waals surface area contributed by atoms with Crippen LogP contribution in [0.3, 0.4) is 0 Å². The Hall–Kier alpha value is -2.96. The number of nitrogens with zero attached hydrogens (tertiary/aromatic N) is 5. The first kappa shape index (κ1) is 15.6. The van der Waals surface area contributed by atoms with Crippen molar-refractivity contribution in [1.82, 2.24) is 24.6 Å². The van der Waals surface area contributed by atoms with Crippen LogP contribution in [0, 0.1) is 5.92 Å². The molecule has 1 aliphatic heterocycles. The van der Waals surface area contributed by atoms with Gasteiger partial charge < -0.3 is 9.32 Å². The third-order valence-corrected chi connectivity index (χ3v) is 4.64. The molecule has 3 aromatic rings. The third kappa shape index (κ3) is 3.05. The summed E-state index contributed by atoms with van der Waals surface area (Å²) >= 11 is 0. The van der Waals surface area contributed by atoms with Crippen LogP contribution >= 0.6 is 0 Å². The van der Waals surface area contributed by atoms with E-state index in [4.69, 9.17) is 4.42 Å². The number of amides is 1. The summed E-state index contributed by atoms with van der Waals surface area (Å²) in [6.45, 7) is 2.93. The summed E-state index contributed by atoms with van der Waals surface area (Å²) in [6, 6.07) is 7.26. The normalized spacial score (nSPS) is 20.6. The van der Waals surface area contributed by atoms with Crippen molar-refractivity contribution in [3.05, 3.63) is 60.7 Å². The Bertz CT molecular complexity index is 844. The van der Waals surface area contributed by atoms with Crippen molar-refractivity contribution in [3.63, 3.8) is 0 Å². The zero-order chi connectivity index (χ0) is 17.2. The molecule has 0 aliphatic carbocycles. The molecule has 128 valence electrons. The minimum Gasteiger partial charge on any atom is -0.467 e. The van der Waals surface area contributed by atoms with E-state index in [2.05, 4.69) is 22.0 Å². The monoisotopic (exact) mass is 337 g/mol. The molecule has 1 fully saturated rings. The number of carbonyl (C=O) groups excluding carboxylic acids is 1. The Morgan fingerprint density at radius 3 is 3.04 bits per heavy atom. The highest BCUT2D eigenvalue weighted by Crippen LogP contribution is 2.35. The molecule has 1 amide bonds. The van der Waals surface area contributed by atoms with Crippen molar-refractivity contribution in [2.75, 3.05) is 6.54 Å². The second-order valence-electron chi connectivity index (χ2n) is 6.40. The summed E-state index contributed by atoms with van der Waals surface area (Å²) < 4.78 is 7.13. The summed E-state index contributed by atoms with van der Waals surface area (Å²) in [5.41, 5.74) is 0.589. The van der Waals surface area contributed by atoms with E-state index in [0.29, 0.717) is 23.8 Å². The highest BCUT2D eigenvalue weighted by molar-refractivity contribution is 5.94. The van der Waals surface area contributed by atoms with Gasteiger partial charge in [0.1, 0.15) is 18.4 Å². The molecule has 0 aromatic carbocycles. The zero-order valence-corrected chi connectivity index (χ0v) is 13.9. The lowest BCUT2D eigenvalue weighted by atomic mass is 9.90. The van der Waals surface area contributed by atoms with Crippen LogP contribution in [0.1, 0.15) is 41.9 Å². The zero-order valence-electron chi connectivity index (χ0n) is 13.9. The number of hydrogen-bond acceptors (Lipinski definition) is 5. The van der Waals surface area contributed by atoms with Gasteiger partial charge in [-0.3, -0.25) is 4.79 Å².